The van der Waals surface area contributed by atoms with Crippen molar-refractivity contribution in [2.24, 2.45) is 0 Å². The maximum atomic E-state index is 12.9. The SMILES string of the molecule is CC/C=C\C/C=C\C/C=C\C/C=C\CCCCCCCCCCCCCCC(=O)OC(COC(=O)CCCCCCCCCCCCCCCCCCCCCCCCCCCCCCCCCCCCCCCCCCC)COP(=O)(O)OCC[N+](C)(C)C. The fourth-order valence-corrected chi connectivity index (χ4v) is 12.6. The highest BCUT2D eigenvalue weighted by Gasteiger charge is 2.27. The molecular weight excluding hydrogens is 1130 g/mol. The standard InChI is InChI=1S/C80H152NO8P/c1-6-8-10-12-14-16-18-20-22-24-26-28-30-32-33-34-35-36-37-38-39-40-41-42-43-44-45-46-47-49-50-52-54-56-58-60-62-64-66-68-70-72-79(82)86-76-78(77-88-90(84,85)87-75-74-81(3,4)5)89-80(83)73-71-69-67-65-63-61-59-57-55-53-51-48-31-29-27-25-23-21-19-17-15-13-11-9-7-2/h9,11,15,17,21,23,27,29,78H,6-8,10,12-14,16,18-20,22,24-26,28,30-77H2,1-5H3/p+1/b11-9-,17-15-,23-21-,29-27-. The first-order valence-electron chi connectivity index (χ1n) is 39.4. The number of likely N-dealkylation sites (N-methyl/N-ethyl adjacent to an activating group) is 1. The second kappa shape index (κ2) is 71.3. The zero-order chi connectivity index (χ0) is 65.5. The van der Waals surface area contributed by atoms with Crippen LogP contribution in [0.25, 0.3) is 0 Å². The predicted molar refractivity (Wildman–Crippen MR) is 390 cm³/mol. The Hall–Kier alpha value is -2.03. The smallest absolute Gasteiger partial charge is 0.462 e. The molecule has 0 bridgehead atoms. The van der Waals surface area contributed by atoms with Crippen LogP contribution in [-0.2, 0) is 32.7 Å². The lowest BCUT2D eigenvalue weighted by Gasteiger charge is -2.24. The Morgan fingerprint density at radius 2 is 0.633 bits per heavy atom. The molecule has 9 nitrogen and oxygen atoms in total. The molecule has 0 heterocycles. The Morgan fingerprint density at radius 3 is 0.944 bits per heavy atom. The van der Waals surface area contributed by atoms with Crippen molar-refractivity contribution in [3.63, 3.8) is 0 Å². The Morgan fingerprint density at radius 1 is 0.356 bits per heavy atom. The number of phosphoric ester groups is 1. The fourth-order valence-electron chi connectivity index (χ4n) is 11.9. The van der Waals surface area contributed by atoms with Gasteiger partial charge >= 0.3 is 19.8 Å². The van der Waals surface area contributed by atoms with E-state index in [0.29, 0.717) is 23.9 Å². The molecule has 0 saturated carbocycles. The summed E-state index contributed by atoms with van der Waals surface area (Å²) in [4.78, 5) is 35.9. The van der Waals surface area contributed by atoms with Gasteiger partial charge in [0.2, 0.25) is 0 Å². The van der Waals surface area contributed by atoms with Crippen molar-refractivity contribution in [1.29, 1.82) is 0 Å². The average molecular weight is 1290 g/mol. The van der Waals surface area contributed by atoms with Crippen molar-refractivity contribution in [3.05, 3.63) is 48.6 Å². The van der Waals surface area contributed by atoms with E-state index in [1.54, 1.807) is 0 Å². The topological polar surface area (TPSA) is 108 Å². The molecule has 0 saturated heterocycles. The second-order valence-electron chi connectivity index (χ2n) is 28.1. The van der Waals surface area contributed by atoms with Crippen molar-refractivity contribution in [2.75, 3.05) is 47.5 Å². The van der Waals surface area contributed by atoms with E-state index in [1.807, 2.05) is 21.1 Å². The molecule has 0 amide bonds. The van der Waals surface area contributed by atoms with Crippen molar-refractivity contribution in [1.82, 2.24) is 0 Å². The second-order valence-corrected chi connectivity index (χ2v) is 29.5. The van der Waals surface area contributed by atoms with Crippen LogP contribution in [0.15, 0.2) is 48.6 Å². The van der Waals surface area contributed by atoms with Crippen LogP contribution in [0.4, 0.5) is 0 Å². The first kappa shape index (κ1) is 88.0. The minimum atomic E-state index is -4.39. The van der Waals surface area contributed by atoms with Gasteiger partial charge in [-0.25, -0.2) is 4.57 Å². The Kier molecular flexibility index (Phi) is 69.7. The number of allylic oxidation sites excluding steroid dienone is 8. The van der Waals surface area contributed by atoms with E-state index in [0.717, 1.165) is 64.2 Å². The van der Waals surface area contributed by atoms with E-state index in [4.69, 9.17) is 18.5 Å². The average Bonchev–Trinajstić information content (AvgIpc) is 3.58. The minimum Gasteiger partial charge on any atom is -0.462 e. The largest absolute Gasteiger partial charge is 0.472 e. The number of quaternary nitrogens is 1. The number of nitrogens with zero attached hydrogens (tertiary/aromatic N) is 1. The molecule has 0 aliphatic heterocycles. The Bertz CT molecular complexity index is 1660. The highest BCUT2D eigenvalue weighted by molar-refractivity contribution is 7.47. The number of phosphoric acid groups is 1. The summed E-state index contributed by atoms with van der Waals surface area (Å²) in [7, 11) is 1.49. The van der Waals surface area contributed by atoms with Crippen molar-refractivity contribution < 1.29 is 42.1 Å². The molecule has 0 rings (SSSR count). The maximum absolute atomic E-state index is 12.9. The molecule has 0 radical (unpaired) electrons. The molecule has 2 unspecified atom stereocenters. The summed E-state index contributed by atoms with van der Waals surface area (Å²) in [6, 6.07) is 0. The molecule has 0 aromatic rings. The molecule has 1 N–H and O–H groups in total. The van der Waals surface area contributed by atoms with Crippen LogP contribution in [0, 0.1) is 0 Å². The van der Waals surface area contributed by atoms with Crippen LogP contribution in [0.3, 0.4) is 0 Å². The van der Waals surface area contributed by atoms with Gasteiger partial charge in [-0.3, -0.25) is 18.6 Å². The molecule has 10 heteroatoms. The number of esters is 2. The Balaban J connectivity index is 3.86. The highest BCUT2D eigenvalue weighted by atomic mass is 31.2. The van der Waals surface area contributed by atoms with Crippen LogP contribution in [0.5, 0.6) is 0 Å². The van der Waals surface area contributed by atoms with E-state index in [1.165, 1.54) is 302 Å². The minimum absolute atomic E-state index is 0.0325. The molecule has 2 atom stereocenters. The predicted octanol–water partition coefficient (Wildman–Crippen LogP) is 26.0. The monoisotopic (exact) mass is 1290 g/mol. The number of unbranched alkanes of at least 4 members (excludes halogenated alkanes) is 52. The van der Waals surface area contributed by atoms with Gasteiger partial charge in [0.1, 0.15) is 19.8 Å². The van der Waals surface area contributed by atoms with Crippen LogP contribution < -0.4 is 0 Å². The lowest BCUT2D eigenvalue weighted by atomic mass is 10.0. The molecule has 0 aliphatic rings. The number of hydrogen-bond donors (Lipinski definition) is 1. The first-order valence-corrected chi connectivity index (χ1v) is 40.9. The van der Waals surface area contributed by atoms with Gasteiger partial charge in [0, 0.05) is 12.8 Å². The van der Waals surface area contributed by atoms with Crippen molar-refractivity contribution >= 4 is 19.8 Å². The zero-order valence-corrected chi connectivity index (χ0v) is 61.5. The summed E-state index contributed by atoms with van der Waals surface area (Å²) in [5, 5.41) is 0. The molecule has 0 fully saturated rings. The van der Waals surface area contributed by atoms with E-state index < -0.39 is 26.5 Å². The molecule has 0 aliphatic carbocycles. The fraction of sp³-hybridized carbons (Fsp3) is 0.875. The number of ether oxygens (including phenoxy) is 2. The molecule has 0 aromatic heterocycles. The number of carbonyl (C=O) groups excluding carboxylic acids is 2. The van der Waals surface area contributed by atoms with Crippen molar-refractivity contribution in [3.8, 4) is 0 Å². The van der Waals surface area contributed by atoms with E-state index in [9.17, 15) is 19.0 Å². The van der Waals surface area contributed by atoms with Gasteiger partial charge in [-0.2, -0.15) is 0 Å². The normalized spacial score (nSPS) is 13.3. The van der Waals surface area contributed by atoms with E-state index in [2.05, 4.69) is 62.5 Å². The van der Waals surface area contributed by atoms with E-state index >= 15 is 0 Å². The van der Waals surface area contributed by atoms with Gasteiger partial charge in [-0.15, -0.1) is 0 Å². The van der Waals surface area contributed by atoms with Crippen LogP contribution >= 0.6 is 7.82 Å². The third-order valence-corrected chi connectivity index (χ3v) is 18.9. The van der Waals surface area contributed by atoms with Gasteiger partial charge < -0.3 is 18.9 Å². The number of rotatable bonds is 74. The van der Waals surface area contributed by atoms with Crippen molar-refractivity contribution in [2.45, 2.75) is 405 Å². The van der Waals surface area contributed by atoms with Gasteiger partial charge in [0.15, 0.2) is 6.10 Å². The third-order valence-electron chi connectivity index (χ3n) is 17.9. The molecule has 530 valence electrons. The van der Waals surface area contributed by atoms with Gasteiger partial charge in [-0.05, 0) is 51.4 Å². The summed E-state index contributed by atoms with van der Waals surface area (Å²) in [6.07, 6.45) is 94.2. The summed E-state index contributed by atoms with van der Waals surface area (Å²) in [5.74, 6) is -0.781. The third kappa shape index (κ3) is 75.0. The first-order chi connectivity index (χ1) is 44.0. The molecule has 0 spiro atoms. The maximum Gasteiger partial charge on any atom is 0.472 e. The summed E-state index contributed by atoms with van der Waals surface area (Å²) in [5.41, 5.74) is 0. The molecule has 0 aromatic carbocycles. The number of hydrogen-bond acceptors (Lipinski definition) is 7. The van der Waals surface area contributed by atoms with Crippen LogP contribution in [0.1, 0.15) is 399 Å². The highest BCUT2D eigenvalue weighted by Crippen LogP contribution is 2.43. The quantitative estimate of drug-likeness (QED) is 0.0211. The summed E-state index contributed by atoms with van der Waals surface area (Å²) >= 11 is 0. The zero-order valence-electron chi connectivity index (χ0n) is 60.7. The van der Waals surface area contributed by atoms with Crippen LogP contribution in [0.2, 0.25) is 0 Å². The van der Waals surface area contributed by atoms with Gasteiger partial charge in [0.05, 0.1) is 27.7 Å². The summed E-state index contributed by atoms with van der Waals surface area (Å²) < 4.78 is 34.8. The van der Waals surface area contributed by atoms with Gasteiger partial charge in [-0.1, -0.05) is 383 Å². The van der Waals surface area contributed by atoms with Gasteiger partial charge in [0.25, 0.3) is 0 Å². The molecule has 90 heavy (non-hydrogen) atoms. The summed E-state index contributed by atoms with van der Waals surface area (Å²) in [6.45, 7) is 4.39. The van der Waals surface area contributed by atoms with Crippen LogP contribution in [-0.4, -0.2) is 74.9 Å². The lowest BCUT2D eigenvalue weighted by Crippen LogP contribution is -2.37. The lowest BCUT2D eigenvalue weighted by molar-refractivity contribution is -0.870. The van der Waals surface area contributed by atoms with E-state index in [-0.39, 0.29) is 25.6 Å². The number of carbonyl (C=O) groups is 2. The Labute approximate surface area is 560 Å². The molecular formula is C80H153NO8P+.